The van der Waals surface area contributed by atoms with E-state index in [0.29, 0.717) is 41.9 Å². The van der Waals surface area contributed by atoms with Crippen LogP contribution in [0.3, 0.4) is 0 Å². The minimum absolute atomic E-state index is 0.000901. The number of nitrogens with zero attached hydrogens (tertiary/aromatic N) is 5. The fraction of sp³-hybridized carbons (Fsp3) is 0.280. The molecule has 1 amide bonds. The molecule has 0 radical (unpaired) electrons. The average Bonchev–Trinajstić information content (AvgIpc) is 3.28. The van der Waals surface area contributed by atoms with Gasteiger partial charge in [-0.05, 0) is 38.1 Å². The lowest BCUT2D eigenvalue weighted by atomic mass is 10.1. The zero-order chi connectivity index (χ0) is 22.9. The van der Waals surface area contributed by atoms with Crippen molar-refractivity contribution in [1.82, 2.24) is 24.9 Å². The van der Waals surface area contributed by atoms with Crippen LogP contribution in [0.15, 0.2) is 53.1 Å². The Hall–Kier alpha value is -3.29. The van der Waals surface area contributed by atoms with Crippen molar-refractivity contribution in [3.8, 4) is 11.4 Å². The van der Waals surface area contributed by atoms with Gasteiger partial charge in [0.2, 0.25) is 11.7 Å². The Morgan fingerprint density at radius 1 is 1.00 bits per heavy atom. The quantitative estimate of drug-likeness (QED) is 0.445. The summed E-state index contributed by atoms with van der Waals surface area (Å²) in [4.78, 5) is 26.4. The molecule has 3 heterocycles. The summed E-state index contributed by atoms with van der Waals surface area (Å²) < 4.78 is 5.46. The third-order valence-electron chi connectivity index (χ3n) is 5.99. The molecule has 0 saturated carbocycles. The second kappa shape index (κ2) is 8.92. The van der Waals surface area contributed by atoms with E-state index in [9.17, 15) is 4.79 Å². The van der Waals surface area contributed by atoms with Crippen molar-refractivity contribution in [2.45, 2.75) is 20.4 Å². The van der Waals surface area contributed by atoms with E-state index in [4.69, 9.17) is 16.1 Å². The molecule has 1 saturated heterocycles. The SMILES string of the molecule is Cc1ccc(-c2noc(CN3CCN(C(=O)c4cc5cc(Cl)ccc5nc4C)CC3)n2)cc1. The fourth-order valence-electron chi connectivity index (χ4n) is 4.07. The van der Waals surface area contributed by atoms with Crippen LogP contribution in [0.4, 0.5) is 0 Å². The molecular formula is C25H24ClN5O2. The van der Waals surface area contributed by atoms with Gasteiger partial charge in [-0.1, -0.05) is 46.6 Å². The van der Waals surface area contributed by atoms with Crippen LogP contribution in [0.2, 0.25) is 5.02 Å². The first-order valence-electron chi connectivity index (χ1n) is 10.9. The van der Waals surface area contributed by atoms with Gasteiger partial charge in [-0.3, -0.25) is 14.7 Å². The molecule has 0 spiro atoms. The second-order valence-corrected chi connectivity index (χ2v) is 8.84. The molecule has 0 atom stereocenters. The van der Waals surface area contributed by atoms with Gasteiger partial charge in [-0.15, -0.1) is 0 Å². The van der Waals surface area contributed by atoms with E-state index in [2.05, 4.69) is 20.0 Å². The van der Waals surface area contributed by atoms with Crippen molar-refractivity contribution in [3.63, 3.8) is 0 Å². The minimum atomic E-state index is 0.000901. The molecule has 0 unspecified atom stereocenters. The van der Waals surface area contributed by atoms with Gasteiger partial charge in [0.1, 0.15) is 0 Å². The number of benzene rings is 2. The summed E-state index contributed by atoms with van der Waals surface area (Å²) >= 11 is 6.12. The van der Waals surface area contributed by atoms with Gasteiger partial charge < -0.3 is 9.42 Å². The first-order valence-corrected chi connectivity index (χ1v) is 11.3. The molecule has 168 valence electrons. The first-order chi connectivity index (χ1) is 16.0. The summed E-state index contributed by atoms with van der Waals surface area (Å²) in [6.07, 6.45) is 0. The Morgan fingerprint density at radius 3 is 2.52 bits per heavy atom. The molecule has 2 aromatic carbocycles. The molecule has 5 rings (SSSR count). The number of carbonyl (C=O) groups excluding carboxylic acids is 1. The van der Waals surface area contributed by atoms with Crippen LogP contribution in [0, 0.1) is 13.8 Å². The fourth-order valence-corrected chi connectivity index (χ4v) is 4.25. The molecule has 7 nitrogen and oxygen atoms in total. The van der Waals surface area contributed by atoms with Crippen molar-refractivity contribution in [3.05, 3.63) is 76.3 Å². The number of aromatic nitrogens is 3. The van der Waals surface area contributed by atoms with Gasteiger partial charge in [0, 0.05) is 42.2 Å². The predicted octanol–water partition coefficient (Wildman–Crippen LogP) is 4.51. The standard InChI is InChI=1S/C25H24ClN5O2/c1-16-3-5-18(6-4-16)24-28-23(33-29-24)15-30-9-11-31(12-10-30)25(32)21-14-19-13-20(26)7-8-22(19)27-17(21)2/h3-8,13-14H,9-12,15H2,1-2H3. The number of pyridine rings is 1. The Morgan fingerprint density at radius 2 is 1.76 bits per heavy atom. The molecule has 0 bridgehead atoms. The predicted molar refractivity (Wildman–Crippen MR) is 127 cm³/mol. The van der Waals surface area contributed by atoms with Gasteiger partial charge in [0.25, 0.3) is 5.91 Å². The number of rotatable bonds is 4. The zero-order valence-corrected chi connectivity index (χ0v) is 19.3. The molecule has 0 aliphatic carbocycles. The summed E-state index contributed by atoms with van der Waals surface area (Å²) in [5.74, 6) is 1.18. The second-order valence-electron chi connectivity index (χ2n) is 8.40. The topological polar surface area (TPSA) is 75.4 Å². The van der Waals surface area contributed by atoms with Crippen LogP contribution in [-0.2, 0) is 6.54 Å². The summed E-state index contributed by atoms with van der Waals surface area (Å²) in [5, 5.41) is 5.61. The van der Waals surface area contributed by atoms with Crippen LogP contribution in [0.5, 0.6) is 0 Å². The number of fused-ring (bicyclic) bond motifs is 1. The summed E-state index contributed by atoms with van der Waals surface area (Å²) in [6.45, 7) is 7.22. The number of amides is 1. The molecule has 8 heteroatoms. The summed E-state index contributed by atoms with van der Waals surface area (Å²) in [6, 6.07) is 15.5. The largest absolute Gasteiger partial charge is 0.338 e. The first kappa shape index (κ1) is 21.6. The van der Waals surface area contributed by atoms with Gasteiger partial charge in [-0.2, -0.15) is 4.98 Å². The highest BCUT2D eigenvalue weighted by Crippen LogP contribution is 2.22. The maximum atomic E-state index is 13.2. The molecule has 33 heavy (non-hydrogen) atoms. The van der Waals surface area contributed by atoms with E-state index in [1.807, 2.05) is 67.3 Å². The molecule has 1 fully saturated rings. The highest BCUT2D eigenvalue weighted by atomic mass is 35.5. The third kappa shape index (κ3) is 4.60. The molecular weight excluding hydrogens is 438 g/mol. The van der Waals surface area contributed by atoms with Crippen LogP contribution in [0.25, 0.3) is 22.3 Å². The monoisotopic (exact) mass is 461 g/mol. The molecule has 4 aromatic rings. The van der Waals surface area contributed by atoms with Crippen LogP contribution < -0.4 is 0 Å². The van der Waals surface area contributed by atoms with Crippen LogP contribution in [-0.4, -0.2) is 57.0 Å². The molecule has 1 aliphatic heterocycles. The zero-order valence-electron chi connectivity index (χ0n) is 18.6. The molecule has 2 aromatic heterocycles. The number of aryl methyl sites for hydroxylation is 2. The number of hydrogen-bond acceptors (Lipinski definition) is 6. The number of halogens is 1. The van der Waals surface area contributed by atoms with E-state index >= 15 is 0 Å². The van der Waals surface area contributed by atoms with E-state index in [1.165, 1.54) is 5.56 Å². The highest BCUT2D eigenvalue weighted by Gasteiger charge is 2.25. The van der Waals surface area contributed by atoms with Crippen molar-refractivity contribution in [2.75, 3.05) is 26.2 Å². The van der Waals surface area contributed by atoms with Gasteiger partial charge in [0.05, 0.1) is 23.3 Å². The van der Waals surface area contributed by atoms with Crippen LogP contribution >= 0.6 is 11.6 Å². The minimum Gasteiger partial charge on any atom is -0.338 e. The van der Waals surface area contributed by atoms with Gasteiger partial charge in [0.15, 0.2) is 0 Å². The van der Waals surface area contributed by atoms with Crippen LogP contribution in [0.1, 0.15) is 27.5 Å². The maximum Gasteiger partial charge on any atom is 0.255 e. The van der Waals surface area contributed by atoms with Crippen molar-refractivity contribution in [1.29, 1.82) is 0 Å². The third-order valence-corrected chi connectivity index (χ3v) is 6.23. The lowest BCUT2D eigenvalue weighted by Crippen LogP contribution is -2.48. The number of piperazine rings is 1. The number of carbonyl (C=O) groups is 1. The Balaban J connectivity index is 1.22. The van der Waals surface area contributed by atoms with Crippen molar-refractivity contribution >= 4 is 28.4 Å². The van der Waals surface area contributed by atoms with Crippen molar-refractivity contribution < 1.29 is 9.32 Å². The molecule has 1 aliphatic rings. The van der Waals surface area contributed by atoms with E-state index in [0.717, 1.165) is 35.2 Å². The summed E-state index contributed by atoms with van der Waals surface area (Å²) in [5.41, 5.74) is 4.31. The highest BCUT2D eigenvalue weighted by molar-refractivity contribution is 6.31. The Bertz CT molecular complexity index is 1310. The van der Waals surface area contributed by atoms with Crippen molar-refractivity contribution in [2.24, 2.45) is 0 Å². The van der Waals surface area contributed by atoms with Gasteiger partial charge in [-0.25, -0.2) is 0 Å². The van der Waals surface area contributed by atoms with E-state index in [1.54, 1.807) is 0 Å². The van der Waals surface area contributed by atoms with Gasteiger partial charge >= 0.3 is 0 Å². The number of hydrogen-bond donors (Lipinski definition) is 0. The Labute approximate surface area is 197 Å². The molecule has 0 N–H and O–H groups in total. The van der Waals surface area contributed by atoms with E-state index in [-0.39, 0.29) is 5.91 Å². The lowest BCUT2D eigenvalue weighted by Gasteiger charge is -2.34. The maximum absolute atomic E-state index is 13.2. The lowest BCUT2D eigenvalue weighted by molar-refractivity contribution is 0.0614. The smallest absolute Gasteiger partial charge is 0.255 e. The Kier molecular flexibility index (Phi) is 5.83. The van der Waals surface area contributed by atoms with E-state index < -0.39 is 0 Å². The summed E-state index contributed by atoms with van der Waals surface area (Å²) in [7, 11) is 0. The average molecular weight is 462 g/mol. The normalized spacial score (nSPS) is 14.7.